The van der Waals surface area contributed by atoms with Gasteiger partial charge >= 0.3 is 11.9 Å². The van der Waals surface area contributed by atoms with E-state index in [-0.39, 0.29) is 17.6 Å². The van der Waals surface area contributed by atoms with Gasteiger partial charge < -0.3 is 14.4 Å². The van der Waals surface area contributed by atoms with E-state index < -0.39 is 10.3 Å². The number of hydrogen-bond donors (Lipinski definition) is 0. The van der Waals surface area contributed by atoms with Crippen LogP contribution in [0.5, 0.6) is 0 Å². The highest BCUT2D eigenvalue weighted by Gasteiger charge is 2.56. The molecule has 0 N–H and O–H groups in total. The molecule has 0 aromatic heterocycles. The maximum atomic E-state index is 12.4. The van der Waals surface area contributed by atoms with E-state index in [4.69, 9.17) is 9.47 Å². The number of carbonyl (C=O) groups excluding carboxylic acids is 2. The van der Waals surface area contributed by atoms with Crippen molar-refractivity contribution >= 4 is 46.2 Å². The van der Waals surface area contributed by atoms with Crippen molar-refractivity contribution in [2.45, 2.75) is 25.1 Å². The standard InChI is InChI=1S/C18H21N3O4S2/c1-5-24-16(22)14-12(3)20(4)18(26-14)21(13-10-8-7-9-11-13)19-15(27-18)17(23)25-6-2/h7-11H,5-6H2,1-4H3/t18-/m1/s1. The van der Waals surface area contributed by atoms with E-state index in [1.54, 1.807) is 18.9 Å². The van der Waals surface area contributed by atoms with Crippen molar-refractivity contribution in [3.05, 3.63) is 40.9 Å². The van der Waals surface area contributed by atoms with E-state index in [0.29, 0.717) is 11.5 Å². The van der Waals surface area contributed by atoms with Gasteiger partial charge in [0.2, 0.25) is 9.37 Å². The van der Waals surface area contributed by atoms with E-state index in [1.165, 1.54) is 23.5 Å². The quantitative estimate of drug-likeness (QED) is 0.689. The van der Waals surface area contributed by atoms with Gasteiger partial charge in [0.05, 0.1) is 18.9 Å². The Balaban J connectivity index is 2.00. The highest BCUT2D eigenvalue weighted by molar-refractivity contribution is 8.28. The van der Waals surface area contributed by atoms with Crippen LogP contribution in [0.1, 0.15) is 20.8 Å². The summed E-state index contributed by atoms with van der Waals surface area (Å²) >= 11 is 2.59. The predicted octanol–water partition coefficient (Wildman–Crippen LogP) is 3.20. The van der Waals surface area contributed by atoms with Crippen LogP contribution in [0.15, 0.2) is 46.0 Å². The first kappa shape index (κ1) is 19.6. The summed E-state index contributed by atoms with van der Waals surface area (Å²) in [6.45, 7) is 5.96. The maximum Gasteiger partial charge on any atom is 0.365 e. The molecule has 2 aliphatic heterocycles. The molecule has 0 radical (unpaired) electrons. The third-order valence-corrected chi connectivity index (χ3v) is 7.12. The average molecular weight is 408 g/mol. The van der Waals surface area contributed by atoms with E-state index in [0.717, 1.165) is 11.4 Å². The smallest absolute Gasteiger partial charge is 0.365 e. The Hall–Kier alpha value is -2.13. The Bertz CT molecular complexity index is 812. The van der Waals surface area contributed by atoms with Crippen LogP contribution in [0.3, 0.4) is 0 Å². The fourth-order valence-corrected chi connectivity index (χ4v) is 5.59. The number of benzene rings is 1. The van der Waals surface area contributed by atoms with Crippen molar-refractivity contribution in [2.75, 3.05) is 25.3 Å². The van der Waals surface area contributed by atoms with Gasteiger partial charge in [-0.3, -0.25) is 0 Å². The number of allylic oxidation sites excluding steroid dienone is 1. The van der Waals surface area contributed by atoms with Gasteiger partial charge in [-0.1, -0.05) is 30.0 Å². The molecule has 0 unspecified atom stereocenters. The first-order valence-corrected chi connectivity index (χ1v) is 10.2. The van der Waals surface area contributed by atoms with Gasteiger partial charge in [0.25, 0.3) is 0 Å². The average Bonchev–Trinajstić information content (AvgIpc) is 3.17. The Kier molecular flexibility index (Phi) is 5.71. The second-order valence-electron chi connectivity index (χ2n) is 5.72. The van der Waals surface area contributed by atoms with Gasteiger partial charge in [0.15, 0.2) is 0 Å². The van der Waals surface area contributed by atoms with E-state index >= 15 is 0 Å². The van der Waals surface area contributed by atoms with E-state index in [2.05, 4.69) is 5.10 Å². The molecule has 144 valence electrons. The third kappa shape index (κ3) is 3.41. The molecule has 1 atom stereocenters. The normalized spacial score (nSPS) is 21.7. The van der Waals surface area contributed by atoms with Crippen LogP contribution in [-0.4, -0.2) is 46.5 Å². The molecule has 7 nitrogen and oxygen atoms in total. The van der Waals surface area contributed by atoms with Crippen LogP contribution < -0.4 is 5.01 Å². The number of ether oxygens (including phenoxy) is 2. The fraction of sp³-hybridized carbons (Fsp3) is 0.389. The molecular formula is C18H21N3O4S2. The summed E-state index contributed by atoms with van der Waals surface area (Å²) in [4.78, 5) is 27.2. The highest BCUT2D eigenvalue weighted by Crippen LogP contribution is 2.58. The Morgan fingerprint density at radius 2 is 1.70 bits per heavy atom. The minimum Gasteiger partial charge on any atom is -0.462 e. The molecule has 27 heavy (non-hydrogen) atoms. The van der Waals surface area contributed by atoms with Crippen LogP contribution in [0.2, 0.25) is 0 Å². The van der Waals surface area contributed by atoms with Crippen molar-refractivity contribution in [3.63, 3.8) is 0 Å². The molecule has 1 aromatic rings. The van der Waals surface area contributed by atoms with Crippen LogP contribution in [-0.2, 0) is 19.1 Å². The predicted molar refractivity (Wildman–Crippen MR) is 108 cm³/mol. The van der Waals surface area contributed by atoms with Crippen molar-refractivity contribution in [1.29, 1.82) is 0 Å². The van der Waals surface area contributed by atoms with Crippen molar-refractivity contribution in [1.82, 2.24) is 4.90 Å². The molecule has 1 spiro atoms. The molecule has 0 aliphatic carbocycles. The number of para-hydroxylation sites is 1. The van der Waals surface area contributed by atoms with Crippen molar-refractivity contribution < 1.29 is 19.1 Å². The third-order valence-electron chi connectivity index (χ3n) is 4.09. The summed E-state index contributed by atoms with van der Waals surface area (Å²) < 4.78 is 9.50. The topological polar surface area (TPSA) is 71.4 Å². The van der Waals surface area contributed by atoms with Crippen LogP contribution >= 0.6 is 23.5 Å². The zero-order valence-electron chi connectivity index (χ0n) is 15.6. The monoisotopic (exact) mass is 407 g/mol. The molecule has 9 heteroatoms. The number of rotatable bonds is 5. The van der Waals surface area contributed by atoms with E-state index in [1.807, 2.05) is 49.2 Å². The van der Waals surface area contributed by atoms with E-state index in [9.17, 15) is 9.59 Å². The second-order valence-corrected chi connectivity index (χ2v) is 8.32. The summed E-state index contributed by atoms with van der Waals surface area (Å²) in [5, 5.41) is 6.54. The molecule has 2 aliphatic rings. The SMILES string of the molecule is CCOC(=O)C1=NN(c2ccccc2)[C@@]2(S1)SC(C(=O)OCC)=C(C)N2C. The number of nitrogens with zero attached hydrogens (tertiary/aromatic N) is 3. The second kappa shape index (κ2) is 7.85. The van der Waals surface area contributed by atoms with Gasteiger partial charge in [0, 0.05) is 12.7 Å². The molecular weight excluding hydrogens is 386 g/mol. The lowest BCUT2D eigenvalue weighted by Crippen LogP contribution is -2.47. The molecule has 0 bridgehead atoms. The van der Waals surface area contributed by atoms with Crippen LogP contribution in [0, 0.1) is 0 Å². The minimum absolute atomic E-state index is 0.248. The Morgan fingerprint density at radius 1 is 1.07 bits per heavy atom. The maximum absolute atomic E-state index is 12.4. The van der Waals surface area contributed by atoms with Gasteiger partial charge in [-0.05, 0) is 44.7 Å². The Labute approximate surface area is 166 Å². The summed E-state index contributed by atoms with van der Waals surface area (Å²) in [5.41, 5.74) is 1.58. The van der Waals surface area contributed by atoms with Crippen molar-refractivity contribution in [2.24, 2.45) is 5.10 Å². The lowest BCUT2D eigenvalue weighted by atomic mass is 10.3. The summed E-state index contributed by atoms with van der Waals surface area (Å²) in [6, 6.07) is 9.53. The van der Waals surface area contributed by atoms with Crippen molar-refractivity contribution in [3.8, 4) is 0 Å². The lowest BCUT2D eigenvalue weighted by Gasteiger charge is -2.39. The van der Waals surface area contributed by atoms with Gasteiger partial charge in [-0.15, -0.1) is 0 Å². The molecule has 0 saturated heterocycles. The lowest BCUT2D eigenvalue weighted by molar-refractivity contribution is -0.137. The highest BCUT2D eigenvalue weighted by atomic mass is 32.2. The van der Waals surface area contributed by atoms with Gasteiger partial charge in [-0.2, -0.15) is 5.10 Å². The molecule has 0 fully saturated rings. The van der Waals surface area contributed by atoms with Gasteiger partial charge in [-0.25, -0.2) is 14.6 Å². The zero-order chi connectivity index (χ0) is 19.6. The molecule has 0 saturated carbocycles. The number of thioether (sulfide) groups is 2. The summed E-state index contributed by atoms with van der Waals surface area (Å²) in [5.74, 6) is -0.849. The first-order chi connectivity index (χ1) is 12.9. The number of hydrogen-bond acceptors (Lipinski definition) is 9. The fourth-order valence-electron chi connectivity index (χ4n) is 2.71. The van der Waals surface area contributed by atoms with Crippen LogP contribution in [0.25, 0.3) is 0 Å². The summed E-state index contributed by atoms with van der Waals surface area (Å²) in [7, 11) is 1.88. The zero-order valence-corrected chi connectivity index (χ0v) is 17.2. The first-order valence-electron chi connectivity index (χ1n) is 8.55. The molecule has 3 rings (SSSR count). The largest absolute Gasteiger partial charge is 0.462 e. The molecule has 0 amide bonds. The number of esters is 2. The number of carbonyl (C=O) groups is 2. The molecule has 2 heterocycles. The molecule has 1 aromatic carbocycles. The minimum atomic E-state index is -0.838. The van der Waals surface area contributed by atoms with Crippen LogP contribution in [0.4, 0.5) is 5.69 Å². The number of hydrazone groups is 1. The number of anilines is 1. The summed E-state index contributed by atoms with van der Waals surface area (Å²) in [6.07, 6.45) is 0. The van der Waals surface area contributed by atoms with Gasteiger partial charge in [0.1, 0.15) is 4.91 Å². The Morgan fingerprint density at radius 3 is 2.33 bits per heavy atom.